The summed E-state index contributed by atoms with van der Waals surface area (Å²) in [5, 5.41) is 6.89. The first kappa shape index (κ1) is 5.22. The predicted octanol–water partition coefficient (Wildman–Crippen LogP) is 1.25. The van der Waals surface area contributed by atoms with Crippen LogP contribution in [0.3, 0.4) is 0 Å². The topological polar surface area (TPSA) is 41.8 Å². The van der Waals surface area contributed by atoms with E-state index in [0.29, 0.717) is 0 Å². The van der Waals surface area contributed by atoms with E-state index in [9.17, 15) is 4.79 Å². The van der Waals surface area contributed by atoms with E-state index >= 15 is 0 Å². The van der Waals surface area contributed by atoms with Gasteiger partial charge < -0.3 is 0 Å². The summed E-state index contributed by atoms with van der Waals surface area (Å²) >= 11 is 5.29. The summed E-state index contributed by atoms with van der Waals surface area (Å²) < 4.78 is 0. The molecule has 8 heavy (non-hydrogen) atoms. The first-order valence-electron chi connectivity index (χ1n) is 1.87. The van der Waals surface area contributed by atoms with Crippen molar-refractivity contribution in [2.75, 3.05) is 0 Å². The molecule has 4 heteroatoms. The Morgan fingerprint density at radius 1 is 1.62 bits per heavy atom. The number of allylic oxidation sites excluding steroid dienone is 1. The van der Waals surface area contributed by atoms with Crippen LogP contribution in [0, 0.1) is 0 Å². The summed E-state index contributed by atoms with van der Waals surface area (Å²) in [5.74, 6) is 1.54. The fraction of sp³-hybridized carbons (Fsp3) is 0. The maximum Gasteiger partial charge on any atom is 0.172 e. The van der Waals surface area contributed by atoms with Crippen molar-refractivity contribution in [2.24, 2.45) is 10.2 Å². The largest absolute Gasteiger partial charge is 0.231 e. The Balaban J connectivity index is 3.01. The highest BCUT2D eigenvalue weighted by Gasteiger charge is 2.00. The molecule has 0 fully saturated rings. The Hall–Kier alpha value is -0.920. The molecule has 0 aromatic heterocycles. The van der Waals surface area contributed by atoms with Crippen LogP contribution >= 0.6 is 11.6 Å². The molecule has 0 saturated carbocycles. The Bertz CT molecular complexity index is 212. The number of hydrogen-bond donors (Lipinski definition) is 0. The second kappa shape index (κ2) is 1.90. The molecule has 1 aliphatic rings. The lowest BCUT2D eigenvalue weighted by Gasteiger charge is -1.65. The van der Waals surface area contributed by atoms with Gasteiger partial charge in [-0.2, -0.15) is 0 Å². The SMILES string of the molecule is O=C=C1C=C(Cl)N=N1. The zero-order valence-electron chi connectivity index (χ0n) is 3.76. The van der Waals surface area contributed by atoms with Crippen molar-refractivity contribution in [2.45, 2.75) is 0 Å². The molecule has 0 spiro atoms. The molecule has 0 bridgehead atoms. The van der Waals surface area contributed by atoms with E-state index < -0.39 is 0 Å². The van der Waals surface area contributed by atoms with E-state index in [-0.39, 0.29) is 10.9 Å². The van der Waals surface area contributed by atoms with Crippen molar-refractivity contribution in [1.82, 2.24) is 0 Å². The van der Waals surface area contributed by atoms with Crippen LogP contribution in [0.15, 0.2) is 27.2 Å². The molecule has 0 N–H and O–H groups in total. The van der Waals surface area contributed by atoms with Gasteiger partial charge in [-0.15, -0.1) is 10.2 Å². The lowest BCUT2D eigenvalue weighted by Crippen LogP contribution is -1.61. The van der Waals surface area contributed by atoms with Crippen LogP contribution < -0.4 is 0 Å². The van der Waals surface area contributed by atoms with Gasteiger partial charge in [0.1, 0.15) is 0 Å². The number of hydrogen-bond acceptors (Lipinski definition) is 3. The van der Waals surface area contributed by atoms with Crippen LogP contribution in [0.4, 0.5) is 0 Å². The van der Waals surface area contributed by atoms with Gasteiger partial charge >= 0.3 is 0 Å². The number of carbonyl (C=O) groups excluding carboxylic acids is 1. The lowest BCUT2D eigenvalue weighted by atomic mass is 10.5. The molecule has 1 rings (SSSR count). The van der Waals surface area contributed by atoms with Gasteiger partial charge in [0, 0.05) is 6.08 Å². The van der Waals surface area contributed by atoms with Gasteiger partial charge in [0.05, 0.1) is 0 Å². The third-order valence-corrected chi connectivity index (χ3v) is 0.798. The van der Waals surface area contributed by atoms with E-state index in [1.54, 1.807) is 0 Å². The quantitative estimate of drug-likeness (QED) is 0.358. The molecule has 40 valence electrons. The van der Waals surface area contributed by atoms with Gasteiger partial charge in [-0.05, 0) is 0 Å². The smallest absolute Gasteiger partial charge is 0.172 e. The van der Waals surface area contributed by atoms with Crippen molar-refractivity contribution < 1.29 is 4.79 Å². The predicted molar refractivity (Wildman–Crippen MR) is 28.0 cm³/mol. The number of rotatable bonds is 0. The molecule has 1 heterocycles. The number of azo groups is 1. The van der Waals surface area contributed by atoms with Gasteiger partial charge in [0.15, 0.2) is 16.8 Å². The molecule has 0 amide bonds. The van der Waals surface area contributed by atoms with Crippen LogP contribution in [0.1, 0.15) is 0 Å². The van der Waals surface area contributed by atoms with Gasteiger partial charge in [-0.3, -0.25) is 0 Å². The van der Waals surface area contributed by atoms with Crippen molar-refractivity contribution >= 4 is 17.5 Å². The molecule has 0 atom stereocenters. The van der Waals surface area contributed by atoms with Gasteiger partial charge in [-0.1, -0.05) is 11.6 Å². The minimum atomic E-state index is 0.148. The monoisotopic (exact) mass is 128 g/mol. The molecule has 0 unspecified atom stereocenters. The van der Waals surface area contributed by atoms with E-state index in [4.69, 9.17) is 11.6 Å². The van der Waals surface area contributed by atoms with Crippen LogP contribution in [0.2, 0.25) is 0 Å². The molecule has 0 saturated heterocycles. The minimum absolute atomic E-state index is 0.148. The third kappa shape index (κ3) is 0.832. The maximum absolute atomic E-state index is 9.73. The Morgan fingerprint density at radius 2 is 2.38 bits per heavy atom. The average molecular weight is 129 g/mol. The molecule has 1 aliphatic heterocycles. The summed E-state index contributed by atoms with van der Waals surface area (Å²) in [6.45, 7) is 0. The lowest BCUT2D eigenvalue weighted by molar-refractivity contribution is 0.567. The van der Waals surface area contributed by atoms with Crippen molar-refractivity contribution in [3.8, 4) is 0 Å². The first-order chi connectivity index (χ1) is 3.83. The van der Waals surface area contributed by atoms with Crippen LogP contribution in [-0.4, -0.2) is 5.94 Å². The molecule has 3 nitrogen and oxygen atoms in total. The van der Waals surface area contributed by atoms with Gasteiger partial charge in [0.2, 0.25) is 0 Å². The second-order valence-electron chi connectivity index (χ2n) is 1.15. The van der Waals surface area contributed by atoms with Gasteiger partial charge in [-0.25, -0.2) is 4.79 Å². The van der Waals surface area contributed by atoms with Crippen LogP contribution in [-0.2, 0) is 4.79 Å². The van der Waals surface area contributed by atoms with Crippen molar-refractivity contribution in [1.29, 1.82) is 0 Å². The molecule has 0 aromatic rings. The highest BCUT2D eigenvalue weighted by Crippen LogP contribution is 2.15. The Kier molecular flexibility index (Phi) is 1.24. The Morgan fingerprint density at radius 3 is 2.62 bits per heavy atom. The van der Waals surface area contributed by atoms with Crippen LogP contribution in [0.25, 0.3) is 0 Å². The summed E-state index contributed by atoms with van der Waals surface area (Å²) in [6.07, 6.45) is 1.34. The molecular formula is C4HClN2O. The second-order valence-corrected chi connectivity index (χ2v) is 1.54. The fourth-order valence-electron chi connectivity index (χ4n) is 0.322. The zero-order chi connectivity index (χ0) is 5.98. The number of halogens is 1. The average Bonchev–Trinajstić information content (AvgIpc) is 2.14. The first-order valence-corrected chi connectivity index (χ1v) is 2.25. The van der Waals surface area contributed by atoms with E-state index in [1.807, 2.05) is 0 Å². The number of nitrogens with zero attached hydrogens (tertiary/aromatic N) is 2. The molecular weight excluding hydrogens is 128 g/mol. The highest BCUT2D eigenvalue weighted by molar-refractivity contribution is 6.29. The molecule has 0 radical (unpaired) electrons. The molecule has 0 aromatic carbocycles. The Labute approximate surface area is 50.4 Å². The van der Waals surface area contributed by atoms with Crippen LogP contribution in [0.5, 0.6) is 0 Å². The zero-order valence-corrected chi connectivity index (χ0v) is 4.51. The van der Waals surface area contributed by atoms with E-state index in [0.717, 1.165) is 0 Å². The standard InChI is InChI=1S/C4HClN2O/c5-4-1-3(2-8)6-7-4/h1H. The van der Waals surface area contributed by atoms with Gasteiger partial charge in [0.25, 0.3) is 0 Å². The van der Waals surface area contributed by atoms with E-state index in [1.165, 1.54) is 12.0 Å². The highest BCUT2D eigenvalue weighted by atomic mass is 35.5. The summed E-state index contributed by atoms with van der Waals surface area (Å²) in [6, 6.07) is 0. The normalized spacial score (nSPS) is 16.1. The summed E-state index contributed by atoms with van der Waals surface area (Å²) in [5.41, 5.74) is 0.148. The summed E-state index contributed by atoms with van der Waals surface area (Å²) in [4.78, 5) is 9.73. The van der Waals surface area contributed by atoms with Crippen molar-refractivity contribution in [3.63, 3.8) is 0 Å². The maximum atomic E-state index is 9.73. The van der Waals surface area contributed by atoms with E-state index in [2.05, 4.69) is 10.2 Å². The summed E-state index contributed by atoms with van der Waals surface area (Å²) in [7, 11) is 0. The molecule has 0 aliphatic carbocycles. The minimum Gasteiger partial charge on any atom is -0.231 e. The van der Waals surface area contributed by atoms with Crippen molar-refractivity contribution in [3.05, 3.63) is 16.9 Å². The fourth-order valence-corrected chi connectivity index (χ4v) is 0.463. The third-order valence-electron chi connectivity index (χ3n) is 0.614.